The van der Waals surface area contributed by atoms with E-state index in [1.807, 2.05) is 58.2 Å². The molecule has 0 radical (unpaired) electrons. The average molecular weight is 520 g/mol. The molecule has 7 nitrogen and oxygen atoms in total. The molecule has 0 heterocycles. The number of unbranched alkanes of at least 4 members (excludes halogenated alkanes) is 1. The molecule has 0 bridgehead atoms. The highest BCUT2D eigenvalue weighted by molar-refractivity contribution is 7.98. The number of alkyl carbamates (subject to hydrolysis) is 1. The van der Waals surface area contributed by atoms with Gasteiger partial charge >= 0.3 is 6.09 Å². The lowest BCUT2D eigenvalue weighted by Gasteiger charge is -2.36. The summed E-state index contributed by atoms with van der Waals surface area (Å²) in [6, 6.07) is 5.81. The monoisotopic (exact) mass is 519 g/mol. The van der Waals surface area contributed by atoms with Crippen molar-refractivity contribution in [3.8, 4) is 0 Å². The maximum atomic E-state index is 14.0. The zero-order valence-corrected chi connectivity index (χ0v) is 24.1. The number of thioether (sulfide) groups is 1. The van der Waals surface area contributed by atoms with E-state index in [0.29, 0.717) is 30.7 Å². The molecule has 2 atom stereocenters. The van der Waals surface area contributed by atoms with E-state index >= 15 is 0 Å². The highest BCUT2D eigenvalue weighted by atomic mass is 32.2. The van der Waals surface area contributed by atoms with Crippen LogP contribution in [0.3, 0.4) is 0 Å². The Morgan fingerprint density at radius 3 is 2.36 bits per heavy atom. The first-order valence-electron chi connectivity index (χ1n) is 12.6. The van der Waals surface area contributed by atoms with Gasteiger partial charge in [0.25, 0.3) is 0 Å². The minimum atomic E-state index is -0.861. The summed E-state index contributed by atoms with van der Waals surface area (Å²) in [5.74, 6) is 0.0917. The Bertz CT molecular complexity index is 890. The fourth-order valence-electron chi connectivity index (χ4n) is 3.60. The summed E-state index contributed by atoms with van der Waals surface area (Å²) in [5.41, 5.74) is 0.367. The second-order valence-electron chi connectivity index (χ2n) is 10.9. The molecule has 202 valence electrons. The lowest BCUT2D eigenvalue weighted by Crippen LogP contribution is -2.55. The molecule has 36 heavy (non-hydrogen) atoms. The molecule has 0 spiro atoms. The predicted molar refractivity (Wildman–Crippen MR) is 150 cm³/mol. The second kappa shape index (κ2) is 14.3. The zero-order valence-electron chi connectivity index (χ0n) is 23.3. The van der Waals surface area contributed by atoms with Crippen LogP contribution in [-0.2, 0) is 14.3 Å². The van der Waals surface area contributed by atoms with E-state index in [2.05, 4.69) is 17.2 Å². The molecule has 2 unspecified atom stereocenters. The van der Waals surface area contributed by atoms with Gasteiger partial charge in [-0.3, -0.25) is 9.59 Å². The van der Waals surface area contributed by atoms with Crippen molar-refractivity contribution in [3.05, 3.63) is 42.0 Å². The highest BCUT2D eigenvalue weighted by Gasteiger charge is 2.37. The van der Waals surface area contributed by atoms with Crippen molar-refractivity contribution >= 4 is 35.7 Å². The number of rotatable bonds is 12. The van der Waals surface area contributed by atoms with Gasteiger partial charge in [-0.15, -0.1) is 0 Å². The third-order valence-electron chi connectivity index (χ3n) is 5.16. The van der Waals surface area contributed by atoms with Gasteiger partial charge < -0.3 is 20.3 Å². The minimum Gasteiger partial charge on any atom is -0.444 e. The van der Waals surface area contributed by atoms with Gasteiger partial charge in [0.2, 0.25) is 11.8 Å². The van der Waals surface area contributed by atoms with Crippen LogP contribution in [0.25, 0.3) is 6.08 Å². The topological polar surface area (TPSA) is 87.7 Å². The summed E-state index contributed by atoms with van der Waals surface area (Å²) < 4.78 is 5.43. The SMILES string of the molecule is C=Cc1cccc(C(C(=O)NC(C)(C)C)N(CCCC)C(=O)C(CCSC)NC(=O)OC(C)(C)C)c1. The molecule has 0 aliphatic heterocycles. The third-order valence-corrected chi connectivity index (χ3v) is 5.80. The summed E-state index contributed by atoms with van der Waals surface area (Å²) in [5, 5.41) is 5.81. The van der Waals surface area contributed by atoms with Gasteiger partial charge in [0.15, 0.2) is 0 Å². The van der Waals surface area contributed by atoms with Crippen LogP contribution in [0.5, 0.6) is 0 Å². The van der Waals surface area contributed by atoms with Crippen molar-refractivity contribution in [2.24, 2.45) is 0 Å². The minimum absolute atomic E-state index is 0.269. The molecule has 8 heteroatoms. The maximum Gasteiger partial charge on any atom is 0.408 e. The highest BCUT2D eigenvalue weighted by Crippen LogP contribution is 2.26. The van der Waals surface area contributed by atoms with Crippen molar-refractivity contribution in [1.29, 1.82) is 0 Å². The Labute approximate surface area is 221 Å². The molecule has 0 aliphatic carbocycles. The summed E-state index contributed by atoms with van der Waals surface area (Å²) in [6.07, 6.45) is 4.99. The summed E-state index contributed by atoms with van der Waals surface area (Å²) in [4.78, 5) is 41.9. The van der Waals surface area contributed by atoms with Crippen molar-refractivity contribution in [2.45, 2.75) is 91.0 Å². The molecule has 0 saturated heterocycles. The van der Waals surface area contributed by atoms with Gasteiger partial charge in [-0.2, -0.15) is 11.8 Å². The average Bonchev–Trinajstić information content (AvgIpc) is 2.76. The molecule has 1 aromatic carbocycles. The number of hydrogen-bond donors (Lipinski definition) is 2. The van der Waals surface area contributed by atoms with E-state index < -0.39 is 29.3 Å². The fourth-order valence-corrected chi connectivity index (χ4v) is 4.08. The van der Waals surface area contributed by atoms with Gasteiger partial charge in [0.05, 0.1) is 0 Å². The molecular weight excluding hydrogens is 474 g/mol. The van der Waals surface area contributed by atoms with Gasteiger partial charge in [-0.05, 0) is 83.6 Å². The fraction of sp³-hybridized carbons (Fsp3) is 0.607. The molecule has 0 aliphatic rings. The molecule has 1 aromatic rings. The van der Waals surface area contributed by atoms with Crippen molar-refractivity contribution < 1.29 is 19.1 Å². The predicted octanol–water partition coefficient (Wildman–Crippen LogP) is 5.56. The Balaban J connectivity index is 3.52. The standard InChI is InChI=1S/C28H45N3O4S/c1-10-12-17-31(25(33)22(16-18-36-9)29-26(34)35-28(6,7)8)23(24(32)30-27(3,4)5)21-15-13-14-20(11-2)19-21/h11,13-15,19,22-23H,2,10,12,16-18H2,1,3-9H3,(H,29,34)(H,30,32). The lowest BCUT2D eigenvalue weighted by atomic mass is 9.98. The molecule has 2 N–H and O–H groups in total. The van der Waals surface area contributed by atoms with Crippen LogP contribution in [0.15, 0.2) is 30.8 Å². The van der Waals surface area contributed by atoms with E-state index in [1.54, 1.807) is 43.5 Å². The van der Waals surface area contributed by atoms with Crippen molar-refractivity contribution in [3.63, 3.8) is 0 Å². The first-order chi connectivity index (χ1) is 16.7. The molecule has 0 fully saturated rings. The van der Waals surface area contributed by atoms with Crippen LogP contribution in [0, 0.1) is 0 Å². The summed E-state index contributed by atoms with van der Waals surface area (Å²) in [6.45, 7) is 17.3. The molecule has 1 rings (SSSR count). The quantitative estimate of drug-likeness (QED) is 0.377. The Hall–Kier alpha value is -2.48. The van der Waals surface area contributed by atoms with Crippen LogP contribution >= 0.6 is 11.8 Å². The third kappa shape index (κ3) is 11.1. The van der Waals surface area contributed by atoms with Crippen molar-refractivity contribution in [1.82, 2.24) is 15.5 Å². The van der Waals surface area contributed by atoms with E-state index in [9.17, 15) is 14.4 Å². The van der Waals surface area contributed by atoms with Gasteiger partial charge in [0, 0.05) is 12.1 Å². The van der Waals surface area contributed by atoms with Gasteiger partial charge in [-0.1, -0.05) is 44.2 Å². The zero-order chi connectivity index (χ0) is 27.5. The Kier molecular flexibility index (Phi) is 12.5. The van der Waals surface area contributed by atoms with Crippen LogP contribution in [-0.4, -0.2) is 58.5 Å². The van der Waals surface area contributed by atoms with Crippen LogP contribution in [0.1, 0.15) is 84.9 Å². The Morgan fingerprint density at radius 1 is 1.17 bits per heavy atom. The molecule has 0 saturated carbocycles. The Morgan fingerprint density at radius 2 is 1.83 bits per heavy atom. The van der Waals surface area contributed by atoms with E-state index in [1.165, 1.54) is 0 Å². The van der Waals surface area contributed by atoms with Gasteiger partial charge in [0.1, 0.15) is 17.7 Å². The number of benzene rings is 1. The lowest BCUT2D eigenvalue weighted by molar-refractivity contribution is -0.143. The number of carbonyl (C=O) groups is 3. The van der Waals surface area contributed by atoms with E-state index in [0.717, 1.165) is 12.0 Å². The van der Waals surface area contributed by atoms with E-state index in [-0.39, 0.29) is 11.8 Å². The summed E-state index contributed by atoms with van der Waals surface area (Å²) >= 11 is 1.59. The van der Waals surface area contributed by atoms with Crippen molar-refractivity contribution in [2.75, 3.05) is 18.6 Å². The number of hydrogen-bond acceptors (Lipinski definition) is 5. The van der Waals surface area contributed by atoms with Gasteiger partial charge in [-0.25, -0.2) is 4.79 Å². The first kappa shape index (κ1) is 31.5. The number of carbonyl (C=O) groups excluding carboxylic acids is 3. The molecule has 0 aromatic heterocycles. The van der Waals surface area contributed by atoms with Crippen LogP contribution in [0.4, 0.5) is 4.79 Å². The second-order valence-corrected chi connectivity index (χ2v) is 11.9. The largest absolute Gasteiger partial charge is 0.444 e. The normalized spacial score (nSPS) is 13.3. The maximum absolute atomic E-state index is 14.0. The molecular formula is C28H45N3O4S. The smallest absolute Gasteiger partial charge is 0.408 e. The van der Waals surface area contributed by atoms with E-state index in [4.69, 9.17) is 4.74 Å². The first-order valence-corrected chi connectivity index (χ1v) is 13.9. The number of amides is 3. The summed E-state index contributed by atoms with van der Waals surface area (Å²) in [7, 11) is 0. The number of ether oxygens (including phenoxy) is 1. The number of nitrogens with zero attached hydrogens (tertiary/aromatic N) is 1. The van der Waals surface area contributed by atoms with Crippen LogP contribution in [0.2, 0.25) is 0 Å². The molecule has 3 amide bonds. The number of nitrogens with one attached hydrogen (secondary N) is 2. The van der Waals surface area contributed by atoms with Crippen LogP contribution < -0.4 is 10.6 Å².